The first kappa shape index (κ1) is 16.9. The predicted octanol–water partition coefficient (Wildman–Crippen LogP) is 1.94. The molecule has 130 valence electrons. The van der Waals surface area contributed by atoms with Gasteiger partial charge in [0.1, 0.15) is 0 Å². The molecule has 1 atom stereocenters. The van der Waals surface area contributed by atoms with Gasteiger partial charge in [0.15, 0.2) is 0 Å². The van der Waals surface area contributed by atoms with Crippen LogP contribution in [-0.4, -0.2) is 63.5 Å². The van der Waals surface area contributed by atoms with Crippen LogP contribution in [0.15, 0.2) is 0 Å². The van der Waals surface area contributed by atoms with Gasteiger partial charge in [0.25, 0.3) is 0 Å². The highest BCUT2D eigenvalue weighted by Gasteiger charge is 2.26. The second-order valence-corrected chi connectivity index (χ2v) is 7.22. The average molecular weight is 320 g/mol. The summed E-state index contributed by atoms with van der Waals surface area (Å²) in [4.78, 5) is 5.35. The number of aliphatic hydroxyl groups excluding tert-OH is 1. The molecule has 5 heteroatoms. The van der Waals surface area contributed by atoms with Crippen molar-refractivity contribution in [2.24, 2.45) is 0 Å². The van der Waals surface area contributed by atoms with Gasteiger partial charge in [-0.15, -0.1) is 0 Å². The molecule has 2 fully saturated rings. The number of hydrogen-bond donors (Lipinski definition) is 1. The van der Waals surface area contributed by atoms with Gasteiger partial charge in [-0.2, -0.15) is 5.10 Å². The molecule has 3 heterocycles. The Morgan fingerprint density at radius 1 is 1.09 bits per heavy atom. The van der Waals surface area contributed by atoms with Crippen molar-refractivity contribution in [3.05, 3.63) is 17.0 Å². The van der Waals surface area contributed by atoms with Crippen LogP contribution in [0.2, 0.25) is 0 Å². The number of rotatable bonds is 5. The Labute approximate surface area is 140 Å². The molecular formula is C18H32N4O. The van der Waals surface area contributed by atoms with Gasteiger partial charge in [-0.1, -0.05) is 6.42 Å². The summed E-state index contributed by atoms with van der Waals surface area (Å²) in [7, 11) is 0. The van der Waals surface area contributed by atoms with E-state index >= 15 is 0 Å². The third-order valence-electron chi connectivity index (χ3n) is 5.61. The number of nitrogens with zero attached hydrogens (tertiary/aromatic N) is 4. The normalized spacial score (nSPS) is 24.2. The van der Waals surface area contributed by atoms with Crippen molar-refractivity contribution in [2.45, 2.75) is 65.1 Å². The van der Waals surface area contributed by atoms with E-state index in [2.05, 4.69) is 28.7 Å². The Morgan fingerprint density at radius 3 is 2.57 bits per heavy atom. The quantitative estimate of drug-likeness (QED) is 0.900. The maximum atomic E-state index is 9.18. The van der Waals surface area contributed by atoms with Crippen molar-refractivity contribution in [1.82, 2.24) is 19.6 Å². The van der Waals surface area contributed by atoms with Crippen LogP contribution in [0.5, 0.6) is 0 Å². The highest BCUT2D eigenvalue weighted by atomic mass is 16.3. The minimum atomic E-state index is 0.155. The van der Waals surface area contributed by atoms with Crippen molar-refractivity contribution in [3.63, 3.8) is 0 Å². The molecule has 1 aromatic heterocycles. The zero-order valence-electron chi connectivity index (χ0n) is 14.8. The van der Waals surface area contributed by atoms with E-state index in [1.165, 1.54) is 69.5 Å². The fourth-order valence-electron chi connectivity index (χ4n) is 4.24. The summed E-state index contributed by atoms with van der Waals surface area (Å²) >= 11 is 0. The predicted molar refractivity (Wildman–Crippen MR) is 92.5 cm³/mol. The molecule has 1 aromatic rings. The minimum absolute atomic E-state index is 0.155. The summed E-state index contributed by atoms with van der Waals surface area (Å²) in [5.74, 6) is 0. The molecule has 0 radical (unpaired) electrons. The van der Waals surface area contributed by atoms with E-state index in [-0.39, 0.29) is 6.61 Å². The van der Waals surface area contributed by atoms with Gasteiger partial charge in [-0.3, -0.25) is 14.5 Å². The largest absolute Gasteiger partial charge is 0.394 e. The highest BCUT2D eigenvalue weighted by Crippen LogP contribution is 2.23. The van der Waals surface area contributed by atoms with E-state index < -0.39 is 0 Å². The number of aliphatic hydroxyl groups is 1. The van der Waals surface area contributed by atoms with E-state index in [0.29, 0.717) is 6.54 Å². The molecule has 2 aliphatic heterocycles. The highest BCUT2D eigenvalue weighted by molar-refractivity contribution is 5.24. The van der Waals surface area contributed by atoms with Gasteiger partial charge in [0.2, 0.25) is 0 Å². The summed E-state index contributed by atoms with van der Waals surface area (Å²) in [6.07, 6.45) is 6.79. The van der Waals surface area contributed by atoms with Crippen molar-refractivity contribution in [3.8, 4) is 0 Å². The molecule has 0 saturated carbocycles. The Bertz CT molecular complexity index is 507. The third-order valence-corrected chi connectivity index (χ3v) is 5.61. The summed E-state index contributed by atoms with van der Waals surface area (Å²) < 4.78 is 1.96. The van der Waals surface area contributed by atoms with Crippen LogP contribution >= 0.6 is 0 Å². The van der Waals surface area contributed by atoms with Gasteiger partial charge in [0.05, 0.1) is 18.8 Å². The average Bonchev–Trinajstić information content (AvgIpc) is 3.07. The lowest BCUT2D eigenvalue weighted by atomic mass is 10.1. The first-order chi connectivity index (χ1) is 11.2. The van der Waals surface area contributed by atoms with E-state index in [0.717, 1.165) is 18.3 Å². The van der Waals surface area contributed by atoms with Gasteiger partial charge < -0.3 is 5.11 Å². The van der Waals surface area contributed by atoms with Gasteiger partial charge in [0, 0.05) is 30.4 Å². The van der Waals surface area contributed by atoms with Crippen LogP contribution in [-0.2, 0) is 13.1 Å². The number of aryl methyl sites for hydroxylation is 1. The SMILES string of the molecule is Cc1nn(CCO)c(C)c1CN1CCCCC(N2CCCC2)C1. The van der Waals surface area contributed by atoms with Crippen molar-refractivity contribution >= 4 is 0 Å². The molecule has 0 bridgehead atoms. The maximum Gasteiger partial charge on any atom is 0.0644 e. The van der Waals surface area contributed by atoms with E-state index in [1.807, 2.05) is 4.68 Å². The smallest absolute Gasteiger partial charge is 0.0644 e. The fourth-order valence-corrected chi connectivity index (χ4v) is 4.24. The molecule has 5 nitrogen and oxygen atoms in total. The molecule has 0 aliphatic carbocycles. The summed E-state index contributed by atoms with van der Waals surface area (Å²) in [5, 5.41) is 13.8. The Hall–Kier alpha value is -0.910. The molecule has 2 saturated heterocycles. The van der Waals surface area contributed by atoms with E-state index in [4.69, 9.17) is 0 Å². The Balaban J connectivity index is 1.68. The van der Waals surface area contributed by atoms with Crippen LogP contribution in [0.4, 0.5) is 0 Å². The molecule has 0 aromatic carbocycles. The molecule has 1 unspecified atom stereocenters. The molecule has 23 heavy (non-hydrogen) atoms. The van der Waals surface area contributed by atoms with Crippen LogP contribution < -0.4 is 0 Å². The monoisotopic (exact) mass is 320 g/mol. The minimum Gasteiger partial charge on any atom is -0.394 e. The number of hydrogen-bond acceptors (Lipinski definition) is 4. The van der Waals surface area contributed by atoms with E-state index in [1.54, 1.807) is 0 Å². The zero-order valence-corrected chi connectivity index (χ0v) is 14.8. The summed E-state index contributed by atoms with van der Waals surface area (Å²) in [6.45, 7) is 11.0. The Kier molecular flexibility index (Phi) is 5.72. The van der Waals surface area contributed by atoms with E-state index in [9.17, 15) is 5.11 Å². The Morgan fingerprint density at radius 2 is 1.83 bits per heavy atom. The number of aromatic nitrogens is 2. The molecule has 1 N–H and O–H groups in total. The molecular weight excluding hydrogens is 288 g/mol. The number of likely N-dealkylation sites (tertiary alicyclic amines) is 2. The van der Waals surface area contributed by atoms with Crippen molar-refractivity contribution in [2.75, 3.05) is 32.8 Å². The van der Waals surface area contributed by atoms with Crippen LogP contribution in [0, 0.1) is 13.8 Å². The molecule has 3 rings (SSSR count). The third kappa shape index (κ3) is 3.95. The second kappa shape index (κ2) is 7.77. The van der Waals surface area contributed by atoms with Gasteiger partial charge in [-0.05, 0) is 59.2 Å². The maximum absolute atomic E-state index is 9.18. The molecule has 0 spiro atoms. The summed E-state index contributed by atoms with van der Waals surface area (Å²) in [5.41, 5.74) is 3.71. The lowest BCUT2D eigenvalue weighted by molar-refractivity contribution is 0.167. The van der Waals surface area contributed by atoms with Crippen LogP contribution in [0.3, 0.4) is 0 Å². The van der Waals surface area contributed by atoms with Crippen molar-refractivity contribution in [1.29, 1.82) is 0 Å². The fraction of sp³-hybridized carbons (Fsp3) is 0.833. The van der Waals surface area contributed by atoms with Gasteiger partial charge >= 0.3 is 0 Å². The zero-order chi connectivity index (χ0) is 16.2. The van der Waals surface area contributed by atoms with Crippen LogP contribution in [0.25, 0.3) is 0 Å². The lowest BCUT2D eigenvalue weighted by Crippen LogP contribution is -2.41. The summed E-state index contributed by atoms with van der Waals surface area (Å²) in [6, 6.07) is 0.744. The standard InChI is InChI=1S/C18H32N4O/c1-15-18(16(2)22(19-15)11-12-23)14-20-8-4-3-7-17(13-20)21-9-5-6-10-21/h17,23H,3-14H2,1-2H3. The first-order valence-electron chi connectivity index (χ1n) is 9.29. The first-order valence-corrected chi connectivity index (χ1v) is 9.29. The topological polar surface area (TPSA) is 44.5 Å². The lowest BCUT2D eigenvalue weighted by Gasteiger charge is -2.30. The van der Waals surface area contributed by atoms with Gasteiger partial charge in [-0.25, -0.2) is 0 Å². The van der Waals surface area contributed by atoms with Crippen molar-refractivity contribution < 1.29 is 5.11 Å². The second-order valence-electron chi connectivity index (χ2n) is 7.22. The molecule has 2 aliphatic rings. The molecule has 0 amide bonds. The van der Waals surface area contributed by atoms with Crippen LogP contribution in [0.1, 0.15) is 49.1 Å².